The van der Waals surface area contributed by atoms with Crippen LogP contribution in [0.1, 0.15) is 38.2 Å². The number of aromatic nitrogens is 2. The van der Waals surface area contributed by atoms with Crippen molar-refractivity contribution >= 4 is 5.91 Å². The first kappa shape index (κ1) is 15.2. The van der Waals surface area contributed by atoms with Gasteiger partial charge in [0.15, 0.2) is 0 Å². The Morgan fingerprint density at radius 3 is 2.21 bits per heavy atom. The van der Waals surface area contributed by atoms with Gasteiger partial charge in [0.25, 0.3) is 11.5 Å². The van der Waals surface area contributed by atoms with Gasteiger partial charge in [-0.3, -0.25) is 14.6 Å². The summed E-state index contributed by atoms with van der Waals surface area (Å²) in [7, 11) is 0. The highest BCUT2D eigenvalue weighted by atomic mass is 16.2. The minimum atomic E-state index is -0.679. The highest BCUT2D eigenvalue weighted by molar-refractivity contribution is 5.91. The SMILES string of the molecule is CC(C)C(CNC(=O)c1cc(=O)[nH]c(=O)[nH]1)C(C)C. The molecule has 1 aromatic heterocycles. The molecular weight excluding hydrogens is 246 g/mol. The molecule has 0 aliphatic rings. The van der Waals surface area contributed by atoms with E-state index in [1.165, 1.54) is 0 Å². The standard InChI is InChI=1S/C13H21N3O3/c1-7(2)9(8(3)4)6-14-12(18)10-5-11(17)16-13(19)15-10/h5,7-9H,6H2,1-4H3,(H,14,18)(H2,15,16,17,19). The third-order valence-electron chi connectivity index (χ3n) is 3.22. The fourth-order valence-electron chi connectivity index (χ4n) is 2.14. The summed E-state index contributed by atoms with van der Waals surface area (Å²) >= 11 is 0. The molecule has 0 saturated heterocycles. The zero-order chi connectivity index (χ0) is 14.6. The van der Waals surface area contributed by atoms with Crippen molar-refractivity contribution < 1.29 is 4.79 Å². The molecule has 0 aliphatic carbocycles. The summed E-state index contributed by atoms with van der Waals surface area (Å²) in [6, 6.07) is 1.08. The molecule has 0 fully saturated rings. The first-order valence-corrected chi connectivity index (χ1v) is 6.43. The van der Waals surface area contributed by atoms with Gasteiger partial charge < -0.3 is 10.3 Å². The van der Waals surface area contributed by atoms with Crippen LogP contribution < -0.4 is 16.6 Å². The molecule has 3 N–H and O–H groups in total. The normalized spacial score (nSPS) is 11.3. The Bertz CT molecular complexity index is 506. The lowest BCUT2D eigenvalue weighted by molar-refractivity contribution is 0.0931. The number of H-pyrrole nitrogens is 2. The maximum absolute atomic E-state index is 11.9. The summed E-state index contributed by atoms with van der Waals surface area (Å²) in [5.41, 5.74) is -1.28. The van der Waals surface area contributed by atoms with E-state index in [1.54, 1.807) is 0 Å². The van der Waals surface area contributed by atoms with Crippen LogP contribution in [0.15, 0.2) is 15.7 Å². The average Bonchev–Trinajstić information content (AvgIpc) is 2.26. The Labute approximate surface area is 111 Å². The zero-order valence-electron chi connectivity index (χ0n) is 11.7. The molecule has 1 heterocycles. The van der Waals surface area contributed by atoms with Crippen LogP contribution >= 0.6 is 0 Å². The molecule has 1 rings (SSSR count). The van der Waals surface area contributed by atoms with Gasteiger partial charge in [-0.05, 0) is 17.8 Å². The lowest BCUT2D eigenvalue weighted by Gasteiger charge is -2.24. The summed E-state index contributed by atoms with van der Waals surface area (Å²) < 4.78 is 0. The fourth-order valence-corrected chi connectivity index (χ4v) is 2.14. The van der Waals surface area contributed by atoms with Gasteiger partial charge in [-0.25, -0.2) is 4.79 Å². The molecule has 0 bridgehead atoms. The van der Waals surface area contributed by atoms with E-state index in [4.69, 9.17) is 0 Å². The van der Waals surface area contributed by atoms with Crippen molar-refractivity contribution in [1.82, 2.24) is 15.3 Å². The van der Waals surface area contributed by atoms with Crippen molar-refractivity contribution in [3.8, 4) is 0 Å². The van der Waals surface area contributed by atoms with Gasteiger partial charge >= 0.3 is 5.69 Å². The van der Waals surface area contributed by atoms with Gasteiger partial charge in [-0.15, -0.1) is 0 Å². The topological polar surface area (TPSA) is 94.8 Å². The van der Waals surface area contributed by atoms with Crippen LogP contribution in [0.4, 0.5) is 0 Å². The van der Waals surface area contributed by atoms with Crippen molar-refractivity contribution in [3.05, 3.63) is 32.6 Å². The summed E-state index contributed by atoms with van der Waals surface area (Å²) in [5, 5.41) is 2.75. The highest BCUT2D eigenvalue weighted by Crippen LogP contribution is 2.19. The largest absolute Gasteiger partial charge is 0.350 e. The predicted octanol–water partition coefficient (Wildman–Crippen LogP) is 0.721. The molecule has 0 saturated carbocycles. The van der Waals surface area contributed by atoms with E-state index < -0.39 is 17.2 Å². The van der Waals surface area contributed by atoms with Gasteiger partial charge in [-0.1, -0.05) is 27.7 Å². The second kappa shape index (κ2) is 6.36. The Morgan fingerprint density at radius 1 is 1.16 bits per heavy atom. The quantitative estimate of drug-likeness (QED) is 0.733. The summed E-state index contributed by atoms with van der Waals surface area (Å²) in [5.74, 6) is 0.796. The summed E-state index contributed by atoms with van der Waals surface area (Å²) in [6.45, 7) is 8.93. The minimum Gasteiger partial charge on any atom is -0.350 e. The molecule has 0 atom stereocenters. The number of rotatable bonds is 5. The van der Waals surface area contributed by atoms with Crippen molar-refractivity contribution in [2.45, 2.75) is 27.7 Å². The van der Waals surface area contributed by atoms with Gasteiger partial charge in [0.2, 0.25) is 0 Å². The molecular formula is C13H21N3O3. The van der Waals surface area contributed by atoms with Gasteiger partial charge in [0, 0.05) is 12.6 Å². The molecule has 19 heavy (non-hydrogen) atoms. The molecule has 0 radical (unpaired) electrons. The number of nitrogens with one attached hydrogen (secondary N) is 3. The van der Waals surface area contributed by atoms with E-state index in [-0.39, 0.29) is 5.69 Å². The second-order valence-corrected chi connectivity index (χ2v) is 5.36. The van der Waals surface area contributed by atoms with E-state index >= 15 is 0 Å². The minimum absolute atomic E-state index is 0.0139. The molecule has 6 nitrogen and oxygen atoms in total. The number of amides is 1. The van der Waals surface area contributed by atoms with E-state index in [2.05, 4.69) is 38.0 Å². The zero-order valence-corrected chi connectivity index (χ0v) is 11.7. The monoisotopic (exact) mass is 267 g/mol. The van der Waals surface area contributed by atoms with E-state index in [0.717, 1.165) is 6.07 Å². The Balaban J connectivity index is 2.75. The third-order valence-corrected chi connectivity index (χ3v) is 3.22. The maximum atomic E-state index is 11.9. The summed E-state index contributed by atoms with van der Waals surface area (Å²) in [6.07, 6.45) is 0. The highest BCUT2D eigenvalue weighted by Gasteiger charge is 2.18. The molecule has 0 unspecified atom stereocenters. The molecule has 1 aromatic rings. The lowest BCUT2D eigenvalue weighted by Crippen LogP contribution is -2.36. The molecule has 1 amide bonds. The van der Waals surface area contributed by atoms with Crippen LogP contribution in [0.25, 0.3) is 0 Å². The molecule has 0 aromatic carbocycles. The molecule has 106 valence electrons. The third kappa shape index (κ3) is 4.39. The summed E-state index contributed by atoms with van der Waals surface area (Å²) in [4.78, 5) is 38.4. The fraction of sp³-hybridized carbons (Fsp3) is 0.615. The molecule has 0 aliphatic heterocycles. The maximum Gasteiger partial charge on any atom is 0.326 e. The van der Waals surface area contributed by atoms with Crippen molar-refractivity contribution in [2.24, 2.45) is 17.8 Å². The van der Waals surface area contributed by atoms with Crippen molar-refractivity contribution in [2.75, 3.05) is 6.54 Å². The first-order chi connectivity index (χ1) is 8.81. The Kier molecular flexibility index (Phi) is 5.09. The number of hydrogen-bond acceptors (Lipinski definition) is 3. The number of carbonyl (C=O) groups is 1. The smallest absolute Gasteiger partial charge is 0.326 e. The first-order valence-electron chi connectivity index (χ1n) is 6.43. The van der Waals surface area contributed by atoms with E-state index in [9.17, 15) is 14.4 Å². The van der Waals surface area contributed by atoms with Crippen LogP contribution in [0.5, 0.6) is 0 Å². The van der Waals surface area contributed by atoms with Crippen molar-refractivity contribution in [1.29, 1.82) is 0 Å². The average molecular weight is 267 g/mol. The number of carbonyl (C=O) groups excluding carboxylic acids is 1. The van der Waals surface area contributed by atoms with Crippen LogP contribution in [0, 0.1) is 17.8 Å². The lowest BCUT2D eigenvalue weighted by atomic mass is 9.85. The van der Waals surface area contributed by atoms with E-state index in [1.807, 2.05) is 4.98 Å². The van der Waals surface area contributed by atoms with Crippen LogP contribution in [0.2, 0.25) is 0 Å². The number of hydrogen-bond donors (Lipinski definition) is 3. The van der Waals surface area contributed by atoms with E-state index in [0.29, 0.717) is 24.3 Å². The van der Waals surface area contributed by atoms with Gasteiger partial charge in [0.05, 0.1) is 0 Å². The van der Waals surface area contributed by atoms with Crippen LogP contribution in [-0.4, -0.2) is 22.4 Å². The van der Waals surface area contributed by atoms with Crippen LogP contribution in [0.3, 0.4) is 0 Å². The van der Waals surface area contributed by atoms with Crippen molar-refractivity contribution in [3.63, 3.8) is 0 Å². The van der Waals surface area contributed by atoms with Crippen LogP contribution in [-0.2, 0) is 0 Å². The predicted molar refractivity (Wildman–Crippen MR) is 73.2 cm³/mol. The van der Waals surface area contributed by atoms with Gasteiger partial charge in [-0.2, -0.15) is 0 Å². The Morgan fingerprint density at radius 2 is 1.74 bits per heavy atom. The molecule has 6 heteroatoms. The second-order valence-electron chi connectivity index (χ2n) is 5.36. The molecule has 0 spiro atoms. The Hall–Kier alpha value is -1.85. The van der Waals surface area contributed by atoms with Gasteiger partial charge in [0.1, 0.15) is 5.69 Å². The number of aromatic amines is 2.